The fourth-order valence-corrected chi connectivity index (χ4v) is 2.97. The van der Waals surface area contributed by atoms with Gasteiger partial charge in [-0.2, -0.15) is 0 Å². The SMILES string of the molecule is COc1c(Br)cc2c(c1Cl)CCC2. The normalized spacial score (nSPS) is 14.4. The molecule has 70 valence electrons. The largest absolute Gasteiger partial charge is 0.494 e. The van der Waals surface area contributed by atoms with Crippen molar-refractivity contribution in [1.29, 1.82) is 0 Å². The number of ether oxygens (including phenoxy) is 1. The molecule has 1 aromatic carbocycles. The quantitative estimate of drug-likeness (QED) is 0.750. The standard InChI is InChI=1S/C10H10BrClO/c1-13-10-8(11)5-6-3-2-4-7(6)9(10)12/h5H,2-4H2,1H3. The summed E-state index contributed by atoms with van der Waals surface area (Å²) in [7, 11) is 1.65. The van der Waals surface area contributed by atoms with Gasteiger partial charge >= 0.3 is 0 Å². The Labute approximate surface area is 91.2 Å². The fraction of sp³-hybridized carbons (Fsp3) is 0.400. The minimum Gasteiger partial charge on any atom is -0.494 e. The molecular formula is C10H10BrClO. The van der Waals surface area contributed by atoms with E-state index in [2.05, 4.69) is 22.0 Å². The first kappa shape index (κ1) is 9.35. The van der Waals surface area contributed by atoms with Crippen molar-refractivity contribution in [3.63, 3.8) is 0 Å². The molecule has 3 heteroatoms. The number of fused-ring (bicyclic) bond motifs is 1. The van der Waals surface area contributed by atoms with Crippen molar-refractivity contribution in [2.45, 2.75) is 19.3 Å². The lowest BCUT2D eigenvalue weighted by Crippen LogP contribution is -1.91. The molecule has 0 unspecified atom stereocenters. The summed E-state index contributed by atoms with van der Waals surface area (Å²) < 4.78 is 6.18. The predicted molar refractivity (Wildman–Crippen MR) is 57.7 cm³/mol. The summed E-state index contributed by atoms with van der Waals surface area (Å²) in [4.78, 5) is 0. The third-order valence-electron chi connectivity index (χ3n) is 2.45. The number of hydrogen-bond donors (Lipinski definition) is 0. The molecule has 1 aliphatic rings. The molecule has 0 spiro atoms. The topological polar surface area (TPSA) is 9.23 Å². The Kier molecular flexibility index (Phi) is 2.52. The lowest BCUT2D eigenvalue weighted by Gasteiger charge is -2.10. The molecular weight excluding hydrogens is 251 g/mol. The molecule has 0 aromatic heterocycles. The second-order valence-corrected chi connectivity index (χ2v) is 4.43. The van der Waals surface area contributed by atoms with Gasteiger partial charge in [0.15, 0.2) is 5.75 Å². The Balaban J connectivity index is 2.62. The molecule has 0 N–H and O–H groups in total. The average molecular weight is 262 g/mol. The average Bonchev–Trinajstić information content (AvgIpc) is 2.53. The van der Waals surface area contributed by atoms with E-state index in [4.69, 9.17) is 16.3 Å². The summed E-state index contributed by atoms with van der Waals surface area (Å²) in [5.74, 6) is 0.766. The summed E-state index contributed by atoms with van der Waals surface area (Å²) in [6.45, 7) is 0. The minimum atomic E-state index is 0.766. The Morgan fingerprint density at radius 1 is 1.46 bits per heavy atom. The number of methoxy groups -OCH3 is 1. The van der Waals surface area contributed by atoms with Crippen LogP contribution in [-0.4, -0.2) is 7.11 Å². The van der Waals surface area contributed by atoms with Gasteiger partial charge < -0.3 is 4.74 Å². The van der Waals surface area contributed by atoms with Crippen LogP contribution in [0.4, 0.5) is 0 Å². The van der Waals surface area contributed by atoms with Gasteiger partial charge in [-0.15, -0.1) is 0 Å². The molecule has 0 saturated heterocycles. The molecule has 0 amide bonds. The summed E-state index contributed by atoms with van der Waals surface area (Å²) >= 11 is 9.66. The molecule has 2 rings (SSSR count). The zero-order valence-corrected chi connectivity index (χ0v) is 9.70. The number of aryl methyl sites for hydroxylation is 1. The van der Waals surface area contributed by atoms with Crippen LogP contribution in [0.25, 0.3) is 0 Å². The van der Waals surface area contributed by atoms with E-state index in [9.17, 15) is 0 Å². The molecule has 1 nitrogen and oxygen atoms in total. The van der Waals surface area contributed by atoms with Crippen LogP contribution >= 0.6 is 27.5 Å². The summed E-state index contributed by atoms with van der Waals surface area (Å²) in [6, 6.07) is 2.12. The minimum absolute atomic E-state index is 0.766. The highest BCUT2D eigenvalue weighted by molar-refractivity contribution is 9.10. The van der Waals surface area contributed by atoms with Crippen LogP contribution in [0.1, 0.15) is 17.5 Å². The zero-order chi connectivity index (χ0) is 9.42. The molecule has 0 atom stereocenters. The highest BCUT2D eigenvalue weighted by atomic mass is 79.9. The molecule has 13 heavy (non-hydrogen) atoms. The van der Waals surface area contributed by atoms with Crippen LogP contribution < -0.4 is 4.74 Å². The Bertz CT molecular complexity index is 346. The Morgan fingerprint density at radius 2 is 2.23 bits per heavy atom. The maximum absolute atomic E-state index is 6.20. The number of halogens is 2. The van der Waals surface area contributed by atoms with Gasteiger partial charge in [-0.25, -0.2) is 0 Å². The summed E-state index contributed by atoms with van der Waals surface area (Å²) in [5.41, 5.74) is 2.62. The summed E-state index contributed by atoms with van der Waals surface area (Å²) in [6.07, 6.45) is 3.42. The van der Waals surface area contributed by atoms with Crippen molar-refractivity contribution in [3.8, 4) is 5.75 Å². The third-order valence-corrected chi connectivity index (χ3v) is 3.44. The van der Waals surface area contributed by atoms with Gasteiger partial charge in [-0.1, -0.05) is 11.6 Å². The van der Waals surface area contributed by atoms with Gasteiger partial charge in [-0.3, -0.25) is 0 Å². The molecule has 0 saturated carbocycles. The maximum atomic E-state index is 6.20. The van der Waals surface area contributed by atoms with E-state index in [1.165, 1.54) is 17.5 Å². The lowest BCUT2D eigenvalue weighted by atomic mass is 10.1. The van der Waals surface area contributed by atoms with E-state index in [-0.39, 0.29) is 0 Å². The van der Waals surface area contributed by atoms with Gasteiger partial charge in [0.2, 0.25) is 0 Å². The van der Waals surface area contributed by atoms with E-state index in [1.54, 1.807) is 7.11 Å². The molecule has 0 aliphatic heterocycles. The molecule has 0 bridgehead atoms. The van der Waals surface area contributed by atoms with Gasteiger partial charge in [0.25, 0.3) is 0 Å². The predicted octanol–water partition coefficient (Wildman–Crippen LogP) is 3.60. The first-order valence-corrected chi connectivity index (χ1v) is 5.45. The Hall–Kier alpha value is -0.210. The third kappa shape index (κ3) is 1.46. The van der Waals surface area contributed by atoms with E-state index in [0.29, 0.717) is 0 Å². The zero-order valence-electron chi connectivity index (χ0n) is 7.36. The van der Waals surface area contributed by atoms with Crippen molar-refractivity contribution in [2.24, 2.45) is 0 Å². The van der Waals surface area contributed by atoms with Gasteiger partial charge in [0, 0.05) is 0 Å². The summed E-state index contributed by atoms with van der Waals surface area (Å²) in [5, 5.41) is 0.782. The smallest absolute Gasteiger partial charge is 0.151 e. The van der Waals surface area contributed by atoms with Gasteiger partial charge in [0.05, 0.1) is 16.6 Å². The van der Waals surface area contributed by atoms with Crippen molar-refractivity contribution >= 4 is 27.5 Å². The van der Waals surface area contributed by atoms with E-state index in [0.717, 1.165) is 28.1 Å². The molecule has 1 aliphatic carbocycles. The van der Waals surface area contributed by atoms with Crippen LogP contribution in [0, 0.1) is 0 Å². The molecule has 0 heterocycles. The maximum Gasteiger partial charge on any atom is 0.151 e. The second-order valence-electron chi connectivity index (χ2n) is 3.20. The lowest BCUT2D eigenvalue weighted by molar-refractivity contribution is 0.412. The highest BCUT2D eigenvalue weighted by Gasteiger charge is 2.19. The van der Waals surface area contributed by atoms with Crippen molar-refractivity contribution in [1.82, 2.24) is 0 Å². The molecule has 1 aromatic rings. The van der Waals surface area contributed by atoms with Gasteiger partial charge in [-0.05, 0) is 52.4 Å². The van der Waals surface area contributed by atoms with Crippen LogP contribution in [0.15, 0.2) is 10.5 Å². The fourth-order valence-electron chi connectivity index (χ4n) is 1.82. The van der Waals surface area contributed by atoms with Gasteiger partial charge in [0.1, 0.15) is 0 Å². The Morgan fingerprint density at radius 3 is 2.92 bits per heavy atom. The first-order valence-electron chi connectivity index (χ1n) is 4.27. The van der Waals surface area contributed by atoms with Crippen molar-refractivity contribution in [2.75, 3.05) is 7.11 Å². The second kappa shape index (κ2) is 3.50. The van der Waals surface area contributed by atoms with E-state index >= 15 is 0 Å². The monoisotopic (exact) mass is 260 g/mol. The van der Waals surface area contributed by atoms with Crippen LogP contribution in [0.2, 0.25) is 5.02 Å². The van der Waals surface area contributed by atoms with Crippen molar-refractivity contribution < 1.29 is 4.74 Å². The number of hydrogen-bond acceptors (Lipinski definition) is 1. The van der Waals surface area contributed by atoms with E-state index in [1.807, 2.05) is 0 Å². The van der Waals surface area contributed by atoms with Crippen LogP contribution in [0.5, 0.6) is 5.75 Å². The first-order chi connectivity index (χ1) is 6.24. The highest BCUT2D eigenvalue weighted by Crippen LogP contribution is 2.41. The van der Waals surface area contributed by atoms with Crippen molar-refractivity contribution in [3.05, 3.63) is 26.7 Å². The molecule has 0 radical (unpaired) electrons. The molecule has 0 fully saturated rings. The van der Waals surface area contributed by atoms with Crippen LogP contribution in [0.3, 0.4) is 0 Å². The number of rotatable bonds is 1. The van der Waals surface area contributed by atoms with Crippen LogP contribution in [-0.2, 0) is 12.8 Å². The number of benzene rings is 1. The van der Waals surface area contributed by atoms with E-state index < -0.39 is 0 Å².